The third-order valence-electron chi connectivity index (χ3n) is 5.78. The first-order chi connectivity index (χ1) is 17.3. The zero-order chi connectivity index (χ0) is 25.5. The lowest BCUT2D eigenvalue weighted by Crippen LogP contribution is -2.20. The van der Waals surface area contributed by atoms with E-state index in [1.54, 1.807) is 6.21 Å². The number of amides is 1. The van der Waals surface area contributed by atoms with E-state index in [0.717, 1.165) is 29.1 Å². The van der Waals surface area contributed by atoms with E-state index in [4.69, 9.17) is 0 Å². The Bertz CT molecular complexity index is 1320. The molecule has 184 valence electrons. The molecule has 0 bridgehead atoms. The Morgan fingerprint density at radius 1 is 0.972 bits per heavy atom. The highest BCUT2D eigenvalue weighted by molar-refractivity contribution is 7.99. The van der Waals surface area contributed by atoms with Gasteiger partial charge in [0, 0.05) is 11.3 Å². The van der Waals surface area contributed by atoms with E-state index in [0.29, 0.717) is 5.16 Å². The standard InChI is InChI=1S/C29H31N5OS/c1-5-21-11-13-22(14-12-21)19-30-31-26(35)20-36-28-33-32-27(34(28)25-9-7-6-8-10-25)23-15-17-24(18-16-23)29(2,3)4/h6-19H,5,20H2,1-4H3,(H,31,35)/b30-19+. The van der Waals surface area contributed by atoms with E-state index >= 15 is 0 Å². The summed E-state index contributed by atoms with van der Waals surface area (Å²) in [5.41, 5.74) is 8.03. The van der Waals surface area contributed by atoms with Crippen molar-refractivity contribution in [2.45, 2.75) is 44.7 Å². The summed E-state index contributed by atoms with van der Waals surface area (Å²) in [4.78, 5) is 12.5. The molecule has 0 fully saturated rings. The minimum atomic E-state index is -0.208. The smallest absolute Gasteiger partial charge is 0.250 e. The Labute approximate surface area is 216 Å². The first-order valence-corrected chi connectivity index (χ1v) is 13.0. The molecule has 4 aromatic rings. The van der Waals surface area contributed by atoms with Crippen molar-refractivity contribution in [2.24, 2.45) is 5.10 Å². The van der Waals surface area contributed by atoms with Crippen LogP contribution < -0.4 is 5.43 Å². The fourth-order valence-corrected chi connectivity index (χ4v) is 4.40. The minimum Gasteiger partial charge on any atom is -0.272 e. The van der Waals surface area contributed by atoms with Crippen molar-refractivity contribution >= 4 is 23.9 Å². The van der Waals surface area contributed by atoms with Crippen LogP contribution in [0.5, 0.6) is 0 Å². The second-order valence-electron chi connectivity index (χ2n) is 9.48. The maximum Gasteiger partial charge on any atom is 0.250 e. The van der Waals surface area contributed by atoms with Gasteiger partial charge in [-0.15, -0.1) is 10.2 Å². The number of hydrogen-bond donors (Lipinski definition) is 1. The molecule has 1 amide bonds. The summed E-state index contributed by atoms with van der Waals surface area (Å²) in [6.07, 6.45) is 2.64. The number of nitrogens with zero attached hydrogens (tertiary/aromatic N) is 4. The Morgan fingerprint density at radius 3 is 2.31 bits per heavy atom. The van der Waals surface area contributed by atoms with E-state index in [9.17, 15) is 4.79 Å². The Balaban J connectivity index is 1.49. The second kappa shape index (κ2) is 11.4. The third kappa shape index (κ3) is 6.29. The number of thioether (sulfide) groups is 1. The molecule has 0 saturated heterocycles. The molecule has 0 saturated carbocycles. The van der Waals surface area contributed by atoms with Crippen LogP contribution in [0.4, 0.5) is 0 Å². The lowest BCUT2D eigenvalue weighted by molar-refractivity contribution is -0.118. The van der Waals surface area contributed by atoms with Crippen LogP contribution in [0.25, 0.3) is 17.1 Å². The minimum absolute atomic E-state index is 0.0709. The summed E-state index contributed by atoms with van der Waals surface area (Å²) in [7, 11) is 0. The van der Waals surface area contributed by atoms with Gasteiger partial charge in [0.2, 0.25) is 0 Å². The van der Waals surface area contributed by atoms with Gasteiger partial charge in [0.1, 0.15) is 0 Å². The van der Waals surface area contributed by atoms with Crippen LogP contribution >= 0.6 is 11.8 Å². The molecule has 1 aromatic heterocycles. The topological polar surface area (TPSA) is 72.2 Å². The number of hydrazone groups is 1. The molecule has 1 heterocycles. The van der Waals surface area contributed by atoms with Gasteiger partial charge >= 0.3 is 0 Å². The predicted molar refractivity (Wildman–Crippen MR) is 148 cm³/mol. The van der Waals surface area contributed by atoms with Crippen molar-refractivity contribution in [3.8, 4) is 17.1 Å². The van der Waals surface area contributed by atoms with Gasteiger partial charge in [-0.3, -0.25) is 9.36 Å². The van der Waals surface area contributed by atoms with Gasteiger partial charge in [0.25, 0.3) is 5.91 Å². The number of carbonyl (C=O) groups is 1. The molecule has 0 aliphatic carbocycles. The fourth-order valence-electron chi connectivity index (χ4n) is 3.66. The van der Waals surface area contributed by atoms with Crippen LogP contribution in [-0.2, 0) is 16.6 Å². The molecule has 3 aromatic carbocycles. The zero-order valence-electron chi connectivity index (χ0n) is 21.1. The second-order valence-corrected chi connectivity index (χ2v) is 10.4. The average Bonchev–Trinajstić information content (AvgIpc) is 3.32. The van der Waals surface area contributed by atoms with Crippen LogP contribution in [0.1, 0.15) is 44.4 Å². The van der Waals surface area contributed by atoms with Crippen LogP contribution in [0.2, 0.25) is 0 Å². The first kappa shape index (κ1) is 25.4. The Kier molecular flexibility index (Phi) is 8.00. The van der Waals surface area contributed by atoms with E-state index in [1.165, 1.54) is 22.9 Å². The largest absolute Gasteiger partial charge is 0.272 e. The van der Waals surface area contributed by atoms with E-state index < -0.39 is 0 Å². The number of aromatic nitrogens is 3. The number of nitrogens with one attached hydrogen (secondary N) is 1. The number of benzene rings is 3. The molecule has 0 radical (unpaired) electrons. The van der Waals surface area contributed by atoms with E-state index in [-0.39, 0.29) is 17.1 Å². The van der Waals surface area contributed by atoms with E-state index in [1.807, 2.05) is 47.0 Å². The summed E-state index contributed by atoms with van der Waals surface area (Å²) in [5, 5.41) is 13.6. The molecule has 1 N–H and O–H groups in total. The first-order valence-electron chi connectivity index (χ1n) is 12.0. The summed E-state index contributed by atoms with van der Waals surface area (Å²) in [6, 6.07) is 26.5. The van der Waals surface area contributed by atoms with Crippen molar-refractivity contribution in [2.75, 3.05) is 5.75 Å². The van der Waals surface area contributed by atoms with Crippen LogP contribution in [0, 0.1) is 0 Å². The fraction of sp³-hybridized carbons (Fsp3) is 0.241. The third-order valence-corrected chi connectivity index (χ3v) is 6.71. The van der Waals surface area contributed by atoms with Crippen molar-refractivity contribution < 1.29 is 4.79 Å². The average molecular weight is 498 g/mol. The number of rotatable bonds is 8. The lowest BCUT2D eigenvalue weighted by Gasteiger charge is -2.19. The highest BCUT2D eigenvalue weighted by Gasteiger charge is 2.19. The van der Waals surface area contributed by atoms with Crippen LogP contribution in [0.15, 0.2) is 89.1 Å². The molecule has 6 nitrogen and oxygen atoms in total. The molecular formula is C29H31N5OS. The van der Waals surface area contributed by atoms with E-state index in [2.05, 4.69) is 84.8 Å². The number of aryl methyl sites for hydroxylation is 1. The van der Waals surface area contributed by atoms with Gasteiger partial charge in [-0.25, -0.2) is 5.43 Å². The summed E-state index contributed by atoms with van der Waals surface area (Å²) in [6.45, 7) is 8.70. The molecule has 4 rings (SSSR count). The summed E-state index contributed by atoms with van der Waals surface area (Å²) in [5.74, 6) is 0.693. The van der Waals surface area contributed by atoms with Crippen molar-refractivity contribution in [3.63, 3.8) is 0 Å². The van der Waals surface area contributed by atoms with Gasteiger partial charge in [0.15, 0.2) is 11.0 Å². The van der Waals surface area contributed by atoms with Crippen LogP contribution in [-0.4, -0.2) is 32.6 Å². The summed E-state index contributed by atoms with van der Waals surface area (Å²) < 4.78 is 1.99. The highest BCUT2D eigenvalue weighted by atomic mass is 32.2. The maximum atomic E-state index is 12.5. The van der Waals surface area contributed by atoms with Gasteiger partial charge in [0.05, 0.1) is 12.0 Å². The molecule has 36 heavy (non-hydrogen) atoms. The van der Waals surface area contributed by atoms with Gasteiger partial charge in [-0.05, 0) is 40.7 Å². The molecule has 0 unspecified atom stereocenters. The van der Waals surface area contributed by atoms with Gasteiger partial charge < -0.3 is 0 Å². The molecule has 7 heteroatoms. The highest BCUT2D eigenvalue weighted by Crippen LogP contribution is 2.30. The zero-order valence-corrected chi connectivity index (χ0v) is 21.9. The lowest BCUT2D eigenvalue weighted by atomic mass is 9.87. The van der Waals surface area contributed by atoms with Crippen LogP contribution in [0.3, 0.4) is 0 Å². The summed E-state index contributed by atoms with van der Waals surface area (Å²) >= 11 is 1.33. The van der Waals surface area contributed by atoms with Crippen molar-refractivity contribution in [3.05, 3.63) is 95.6 Å². The maximum absolute atomic E-state index is 12.5. The molecule has 0 aliphatic heterocycles. The van der Waals surface area contributed by atoms with Crippen molar-refractivity contribution in [1.82, 2.24) is 20.2 Å². The molecule has 0 spiro atoms. The monoisotopic (exact) mass is 497 g/mol. The van der Waals surface area contributed by atoms with Gasteiger partial charge in [-0.2, -0.15) is 5.10 Å². The Morgan fingerprint density at radius 2 is 1.67 bits per heavy atom. The number of para-hydroxylation sites is 1. The SMILES string of the molecule is CCc1ccc(/C=N/NC(=O)CSc2nnc(-c3ccc(C(C)(C)C)cc3)n2-c2ccccc2)cc1. The molecule has 0 atom stereocenters. The Hall–Kier alpha value is -3.71. The predicted octanol–water partition coefficient (Wildman–Crippen LogP) is 6.04. The molecule has 0 aliphatic rings. The van der Waals surface area contributed by atoms with Crippen molar-refractivity contribution in [1.29, 1.82) is 0 Å². The molecular weight excluding hydrogens is 466 g/mol. The number of hydrogen-bond acceptors (Lipinski definition) is 5. The quantitative estimate of drug-likeness (QED) is 0.183. The normalized spacial score (nSPS) is 11.7. The number of carbonyl (C=O) groups excluding carboxylic acids is 1. The van der Waals surface area contributed by atoms with Gasteiger partial charge in [-0.1, -0.05) is 106 Å².